The monoisotopic (exact) mass is 256 g/mol. The molecule has 19 heavy (non-hydrogen) atoms. The summed E-state index contributed by atoms with van der Waals surface area (Å²) in [6, 6.07) is 9.98. The molecule has 0 radical (unpaired) electrons. The molecular weight excluding hydrogens is 236 g/mol. The lowest BCUT2D eigenvalue weighted by atomic mass is 10.1. The van der Waals surface area contributed by atoms with Gasteiger partial charge in [-0.1, -0.05) is 43.0 Å². The van der Waals surface area contributed by atoms with Crippen molar-refractivity contribution in [2.24, 2.45) is 0 Å². The van der Waals surface area contributed by atoms with Crippen LogP contribution >= 0.6 is 0 Å². The topological polar surface area (TPSA) is 34.1 Å². The molecule has 0 amide bonds. The third kappa shape index (κ3) is 7.14. The molecule has 0 spiro atoms. The highest BCUT2D eigenvalue weighted by Crippen LogP contribution is 2.04. The van der Waals surface area contributed by atoms with Gasteiger partial charge in [-0.25, -0.2) is 0 Å². The van der Waals surface area contributed by atoms with E-state index in [1.807, 2.05) is 36.4 Å². The van der Waals surface area contributed by atoms with Crippen LogP contribution in [0.2, 0.25) is 0 Å². The Balaban J connectivity index is 2.17. The van der Waals surface area contributed by atoms with Crippen LogP contribution in [0.5, 0.6) is 0 Å². The summed E-state index contributed by atoms with van der Waals surface area (Å²) in [5, 5.41) is 0. The lowest BCUT2D eigenvalue weighted by Gasteiger charge is -1.98. The molecule has 0 saturated carbocycles. The molecule has 0 bridgehead atoms. The van der Waals surface area contributed by atoms with E-state index in [2.05, 4.69) is 6.58 Å². The predicted molar refractivity (Wildman–Crippen MR) is 78.0 cm³/mol. The summed E-state index contributed by atoms with van der Waals surface area (Å²) in [6.07, 6.45) is 8.17. The number of aryl methyl sites for hydroxylation is 1. The number of carbonyl (C=O) groups is 2. The molecule has 0 saturated heterocycles. The first-order valence-corrected chi connectivity index (χ1v) is 6.61. The zero-order valence-electron chi connectivity index (χ0n) is 11.2. The Morgan fingerprint density at radius 2 is 1.79 bits per heavy atom. The van der Waals surface area contributed by atoms with E-state index in [0.29, 0.717) is 12.8 Å². The molecule has 1 rings (SSSR count). The average Bonchev–Trinajstić information content (AvgIpc) is 2.45. The first-order chi connectivity index (χ1) is 9.22. The minimum atomic E-state index is 0.0591. The fourth-order valence-corrected chi connectivity index (χ4v) is 1.71. The van der Waals surface area contributed by atoms with Crippen molar-refractivity contribution in [3.05, 3.63) is 60.7 Å². The van der Waals surface area contributed by atoms with Crippen molar-refractivity contribution in [2.75, 3.05) is 0 Å². The fraction of sp³-hybridized carbons (Fsp3) is 0.294. The van der Waals surface area contributed by atoms with Crippen molar-refractivity contribution in [1.29, 1.82) is 0 Å². The van der Waals surface area contributed by atoms with Crippen LogP contribution in [0.15, 0.2) is 55.1 Å². The third-order valence-electron chi connectivity index (χ3n) is 2.83. The minimum Gasteiger partial charge on any atom is -0.295 e. The highest BCUT2D eigenvalue weighted by Gasteiger charge is 1.98. The van der Waals surface area contributed by atoms with Crippen molar-refractivity contribution >= 4 is 11.6 Å². The molecule has 0 aliphatic carbocycles. The number of carbonyl (C=O) groups excluding carboxylic acids is 2. The van der Waals surface area contributed by atoms with E-state index in [1.54, 1.807) is 6.08 Å². The molecule has 2 nitrogen and oxygen atoms in total. The first kappa shape index (κ1) is 15.1. The Labute approximate surface area is 114 Å². The van der Waals surface area contributed by atoms with Gasteiger partial charge in [0.1, 0.15) is 0 Å². The number of allylic oxidation sites excluding steroid dienone is 3. The van der Waals surface area contributed by atoms with Crippen molar-refractivity contribution in [2.45, 2.75) is 32.1 Å². The number of unbranched alkanes of at least 4 members (excludes halogenated alkanes) is 1. The summed E-state index contributed by atoms with van der Waals surface area (Å²) in [5.41, 5.74) is 1.18. The molecule has 0 N–H and O–H groups in total. The Morgan fingerprint density at radius 3 is 2.47 bits per heavy atom. The lowest BCUT2D eigenvalue weighted by Crippen LogP contribution is -1.96. The third-order valence-corrected chi connectivity index (χ3v) is 2.83. The quantitative estimate of drug-likeness (QED) is 0.499. The van der Waals surface area contributed by atoms with Crippen LogP contribution in [-0.4, -0.2) is 11.6 Å². The Morgan fingerprint density at radius 1 is 1.05 bits per heavy atom. The van der Waals surface area contributed by atoms with Gasteiger partial charge in [0.2, 0.25) is 0 Å². The summed E-state index contributed by atoms with van der Waals surface area (Å²) in [5.74, 6) is 0.197. The van der Waals surface area contributed by atoms with Crippen LogP contribution in [0.1, 0.15) is 31.2 Å². The van der Waals surface area contributed by atoms with E-state index in [4.69, 9.17) is 0 Å². The Bertz CT molecular complexity index is 444. The first-order valence-electron chi connectivity index (χ1n) is 6.61. The van der Waals surface area contributed by atoms with Gasteiger partial charge in [0.25, 0.3) is 0 Å². The van der Waals surface area contributed by atoms with Crippen molar-refractivity contribution in [1.82, 2.24) is 0 Å². The zero-order valence-corrected chi connectivity index (χ0v) is 11.2. The van der Waals surface area contributed by atoms with Crippen LogP contribution in [-0.2, 0) is 16.0 Å². The van der Waals surface area contributed by atoms with E-state index in [1.165, 1.54) is 11.6 Å². The molecular formula is C17H20O2. The maximum absolute atomic E-state index is 11.6. The van der Waals surface area contributed by atoms with Gasteiger partial charge >= 0.3 is 0 Å². The van der Waals surface area contributed by atoms with Gasteiger partial charge in [0.15, 0.2) is 11.6 Å². The van der Waals surface area contributed by atoms with Gasteiger partial charge in [-0.2, -0.15) is 0 Å². The average molecular weight is 256 g/mol. The largest absolute Gasteiger partial charge is 0.295 e. The maximum Gasteiger partial charge on any atom is 0.155 e. The van der Waals surface area contributed by atoms with Gasteiger partial charge in [-0.05, 0) is 37.0 Å². The van der Waals surface area contributed by atoms with Crippen molar-refractivity contribution < 1.29 is 9.59 Å². The SMILES string of the molecule is C=CC(=O)CCC/C=C/C(=O)CCc1ccccc1. The standard InChI is InChI=1S/C17H20O2/c1-2-16(18)11-7-4-8-12-17(19)14-13-15-9-5-3-6-10-15/h2-3,5-6,8-10,12H,1,4,7,11,13-14H2/b12-8+. The van der Waals surface area contributed by atoms with Crippen LogP contribution in [0.3, 0.4) is 0 Å². The molecule has 1 aromatic carbocycles. The second-order valence-electron chi connectivity index (χ2n) is 4.42. The summed E-state index contributed by atoms with van der Waals surface area (Å²) < 4.78 is 0. The minimum absolute atomic E-state index is 0.0591. The molecule has 100 valence electrons. The second-order valence-corrected chi connectivity index (χ2v) is 4.42. The molecule has 0 unspecified atom stereocenters. The molecule has 1 aromatic rings. The van der Waals surface area contributed by atoms with Crippen molar-refractivity contribution in [3.63, 3.8) is 0 Å². The second kappa shape index (κ2) is 9.03. The van der Waals surface area contributed by atoms with Gasteiger partial charge in [-0.15, -0.1) is 0 Å². The molecule has 2 heteroatoms. The Kier molecular flexibility index (Phi) is 7.18. The van der Waals surface area contributed by atoms with E-state index in [0.717, 1.165) is 19.3 Å². The van der Waals surface area contributed by atoms with Crippen LogP contribution in [0.25, 0.3) is 0 Å². The number of rotatable bonds is 9. The summed E-state index contributed by atoms with van der Waals surface area (Å²) in [7, 11) is 0. The number of ketones is 2. The maximum atomic E-state index is 11.6. The van der Waals surface area contributed by atoms with E-state index >= 15 is 0 Å². The summed E-state index contributed by atoms with van der Waals surface area (Å²) >= 11 is 0. The fourth-order valence-electron chi connectivity index (χ4n) is 1.71. The smallest absolute Gasteiger partial charge is 0.155 e. The van der Waals surface area contributed by atoms with Crippen molar-refractivity contribution in [3.8, 4) is 0 Å². The summed E-state index contributed by atoms with van der Waals surface area (Å²) in [4.78, 5) is 22.6. The van der Waals surface area contributed by atoms with E-state index in [-0.39, 0.29) is 11.6 Å². The van der Waals surface area contributed by atoms with E-state index < -0.39 is 0 Å². The molecule has 0 heterocycles. The number of hydrogen-bond acceptors (Lipinski definition) is 2. The van der Waals surface area contributed by atoms with Crippen LogP contribution in [0, 0.1) is 0 Å². The molecule has 0 aliphatic heterocycles. The molecule has 0 aromatic heterocycles. The van der Waals surface area contributed by atoms with Gasteiger partial charge < -0.3 is 0 Å². The van der Waals surface area contributed by atoms with Gasteiger partial charge in [0.05, 0.1) is 0 Å². The molecule has 0 fully saturated rings. The predicted octanol–water partition coefficient (Wildman–Crippen LogP) is 3.67. The summed E-state index contributed by atoms with van der Waals surface area (Å²) in [6.45, 7) is 3.42. The number of hydrogen-bond donors (Lipinski definition) is 0. The van der Waals surface area contributed by atoms with Gasteiger partial charge in [-0.3, -0.25) is 9.59 Å². The number of benzene rings is 1. The zero-order chi connectivity index (χ0) is 13.9. The molecule has 0 aliphatic rings. The highest BCUT2D eigenvalue weighted by atomic mass is 16.1. The van der Waals surface area contributed by atoms with Crippen LogP contribution < -0.4 is 0 Å². The van der Waals surface area contributed by atoms with Crippen LogP contribution in [0.4, 0.5) is 0 Å². The highest BCUT2D eigenvalue weighted by molar-refractivity contribution is 5.90. The van der Waals surface area contributed by atoms with Gasteiger partial charge in [0, 0.05) is 12.8 Å². The van der Waals surface area contributed by atoms with E-state index in [9.17, 15) is 9.59 Å². The molecule has 0 atom stereocenters. The normalized spacial score (nSPS) is 10.5. The lowest BCUT2D eigenvalue weighted by molar-refractivity contribution is -0.115. The Hall–Kier alpha value is -1.96.